The fourth-order valence-corrected chi connectivity index (χ4v) is 5.74. The van der Waals surface area contributed by atoms with Crippen molar-refractivity contribution >= 4 is 22.9 Å². The Labute approximate surface area is 283 Å². The van der Waals surface area contributed by atoms with E-state index in [4.69, 9.17) is 0 Å². The molecule has 12 nitrogen and oxygen atoms in total. The minimum Gasteiger partial charge on any atom is -0.382 e. The number of carbonyl (C=O) groups is 2. The molecule has 0 fully saturated rings. The number of hydrogen-bond acceptors (Lipinski definition) is 10. The van der Waals surface area contributed by atoms with Crippen LogP contribution in [-0.4, -0.2) is 70.5 Å². The number of unbranched alkanes of at least 4 members (excludes halogenated alkanes) is 6. The maximum Gasteiger partial charge on any atom is 0.273 e. The number of carbonyl (C=O) groups excluding carboxylic acids is 2. The van der Waals surface area contributed by atoms with Crippen molar-refractivity contribution in [1.82, 2.24) is 20.4 Å². The van der Waals surface area contributed by atoms with Crippen molar-refractivity contribution < 1.29 is 19.4 Å². The average molecular weight is 663 g/mol. The zero-order valence-electron chi connectivity index (χ0n) is 28.3. The van der Waals surface area contributed by atoms with E-state index < -0.39 is 0 Å². The molecule has 0 spiro atoms. The van der Waals surface area contributed by atoms with Crippen molar-refractivity contribution in [3.63, 3.8) is 0 Å². The summed E-state index contributed by atoms with van der Waals surface area (Å²) >= 11 is 0. The van der Waals surface area contributed by atoms with Crippen molar-refractivity contribution in [3.05, 3.63) is 103 Å². The van der Waals surface area contributed by atoms with Crippen LogP contribution in [0.4, 0.5) is 11.4 Å². The van der Waals surface area contributed by atoms with E-state index in [2.05, 4.69) is 34.3 Å². The molecule has 2 aromatic rings. The molecule has 0 atom stereocenters. The number of rotatable bonds is 24. The third-order valence-corrected chi connectivity index (χ3v) is 8.57. The summed E-state index contributed by atoms with van der Waals surface area (Å²) in [5, 5.41) is 28.8. The Morgan fingerprint density at radius 2 is 0.958 bits per heavy atom. The molecule has 0 saturated heterocycles. The van der Waals surface area contributed by atoms with Crippen LogP contribution in [0.2, 0.25) is 0 Å². The molecule has 48 heavy (non-hydrogen) atoms. The number of nitrogens with zero attached hydrogens (tertiary/aromatic N) is 4. The third kappa shape index (κ3) is 12.6. The summed E-state index contributed by atoms with van der Waals surface area (Å²) in [7, 11) is 0. The van der Waals surface area contributed by atoms with Gasteiger partial charge in [0.05, 0.1) is 21.2 Å². The van der Waals surface area contributed by atoms with E-state index in [-0.39, 0.29) is 32.8 Å². The Balaban J connectivity index is 1.25. The molecule has 0 saturated carbocycles. The Kier molecular flexibility index (Phi) is 16.4. The number of benzene rings is 2. The fourth-order valence-electron chi connectivity index (χ4n) is 5.74. The maximum atomic E-state index is 12.6. The molecule has 1 aliphatic rings. The maximum absolute atomic E-state index is 12.6. The van der Waals surface area contributed by atoms with Crippen molar-refractivity contribution in [3.8, 4) is 0 Å². The number of hydrogen-bond donors (Lipinski definition) is 2. The number of para-hydroxylation sites is 2. The van der Waals surface area contributed by atoms with Crippen LogP contribution in [0.1, 0.15) is 76.3 Å². The molecular weight excluding hydrogens is 612 g/mol. The summed E-state index contributed by atoms with van der Waals surface area (Å²) in [6.45, 7) is 9.76. The lowest BCUT2D eigenvalue weighted by atomic mass is 10.1. The summed E-state index contributed by atoms with van der Waals surface area (Å²) in [5.74, 6) is -0.409. The van der Waals surface area contributed by atoms with Gasteiger partial charge in [-0.15, -0.1) is 0 Å². The van der Waals surface area contributed by atoms with E-state index >= 15 is 0 Å². The van der Waals surface area contributed by atoms with Crippen LogP contribution >= 0.6 is 0 Å². The van der Waals surface area contributed by atoms with Crippen molar-refractivity contribution in [2.45, 2.75) is 78.3 Å². The molecule has 0 unspecified atom stereocenters. The molecule has 0 bridgehead atoms. The molecule has 2 aromatic carbocycles. The minimum atomic E-state index is -0.330. The topological polar surface area (TPSA) is 151 Å². The molecule has 12 heteroatoms. The van der Waals surface area contributed by atoms with Crippen LogP contribution in [0.5, 0.6) is 0 Å². The number of nitro benzene ring substituents is 2. The number of nitro groups is 2. The van der Waals surface area contributed by atoms with Gasteiger partial charge in [-0.1, -0.05) is 75.9 Å². The molecule has 0 radical (unpaired) electrons. The number of ketones is 2. The normalized spacial score (nSPS) is 13.1. The quantitative estimate of drug-likeness (QED) is 0.0587. The lowest BCUT2D eigenvalue weighted by molar-refractivity contribution is -0.385. The molecule has 2 N–H and O–H groups in total. The van der Waals surface area contributed by atoms with Gasteiger partial charge in [0.25, 0.3) is 11.4 Å². The van der Waals surface area contributed by atoms with Crippen LogP contribution in [0.15, 0.2) is 72.1 Å². The van der Waals surface area contributed by atoms with Gasteiger partial charge >= 0.3 is 0 Å². The monoisotopic (exact) mass is 662 g/mol. The van der Waals surface area contributed by atoms with Gasteiger partial charge in [0.2, 0.25) is 11.6 Å². The predicted molar refractivity (Wildman–Crippen MR) is 187 cm³/mol. The second-order valence-corrected chi connectivity index (χ2v) is 12.0. The summed E-state index contributed by atoms with van der Waals surface area (Å²) in [5.41, 5.74) is 2.42. The first kappa shape index (κ1) is 38.0. The van der Waals surface area contributed by atoms with Gasteiger partial charge in [0, 0.05) is 61.6 Å². The van der Waals surface area contributed by atoms with E-state index in [0.29, 0.717) is 37.6 Å². The van der Waals surface area contributed by atoms with E-state index in [9.17, 15) is 29.8 Å². The van der Waals surface area contributed by atoms with Crippen LogP contribution in [0.3, 0.4) is 0 Å². The van der Waals surface area contributed by atoms with Gasteiger partial charge in [-0.05, 0) is 51.9 Å². The molecular formula is C36H50N6O6. The fraction of sp³-hybridized carbons (Fsp3) is 0.500. The van der Waals surface area contributed by atoms with Gasteiger partial charge < -0.3 is 10.6 Å². The van der Waals surface area contributed by atoms with E-state index in [1.54, 1.807) is 24.3 Å². The van der Waals surface area contributed by atoms with Gasteiger partial charge in [0.1, 0.15) is 0 Å². The van der Waals surface area contributed by atoms with Crippen LogP contribution in [0.25, 0.3) is 0 Å². The van der Waals surface area contributed by atoms with E-state index in [1.807, 2.05) is 24.3 Å². The summed E-state index contributed by atoms with van der Waals surface area (Å²) in [4.78, 5) is 51.6. The molecule has 0 aliphatic heterocycles. The summed E-state index contributed by atoms with van der Waals surface area (Å²) in [6, 6.07) is 13.7. The lowest BCUT2D eigenvalue weighted by Gasteiger charge is -2.20. The molecule has 260 valence electrons. The summed E-state index contributed by atoms with van der Waals surface area (Å²) < 4.78 is 0. The van der Waals surface area contributed by atoms with Crippen LogP contribution in [0, 0.1) is 20.2 Å². The van der Waals surface area contributed by atoms with Gasteiger partial charge in [-0.3, -0.25) is 39.6 Å². The zero-order chi connectivity index (χ0) is 34.7. The highest BCUT2D eigenvalue weighted by atomic mass is 16.6. The van der Waals surface area contributed by atoms with E-state index in [0.717, 1.165) is 88.7 Å². The highest BCUT2D eigenvalue weighted by molar-refractivity contribution is 6.19. The first-order valence-corrected chi connectivity index (χ1v) is 17.1. The van der Waals surface area contributed by atoms with Crippen LogP contribution < -0.4 is 10.6 Å². The Morgan fingerprint density at radius 3 is 1.33 bits per heavy atom. The lowest BCUT2D eigenvalue weighted by Crippen LogP contribution is -2.30. The first-order chi connectivity index (χ1) is 23.2. The Bertz CT molecular complexity index is 1330. The first-order valence-electron chi connectivity index (χ1n) is 17.1. The smallest absolute Gasteiger partial charge is 0.273 e. The highest BCUT2D eigenvalue weighted by Gasteiger charge is 2.20. The molecule has 0 heterocycles. The third-order valence-electron chi connectivity index (χ3n) is 8.57. The van der Waals surface area contributed by atoms with E-state index in [1.165, 1.54) is 12.2 Å². The SMILES string of the molecule is CCN(CCCCCCNC1=CC(=O)C(NCCCCCCN(CC)Cc2ccccc2[N+](=O)[O-])=CC1=O)Cc1ccccc1[N+](=O)[O-]. The predicted octanol–water partition coefficient (Wildman–Crippen LogP) is 6.07. The van der Waals surface area contributed by atoms with Gasteiger partial charge in [-0.25, -0.2) is 0 Å². The van der Waals surface area contributed by atoms with Gasteiger partial charge in [0.15, 0.2) is 0 Å². The largest absolute Gasteiger partial charge is 0.382 e. The average Bonchev–Trinajstić information content (AvgIpc) is 3.08. The van der Waals surface area contributed by atoms with Crippen molar-refractivity contribution in [2.75, 3.05) is 39.3 Å². The standard InChI is InChI=1S/C36H50N6O6/c1-3-39(27-29-17-9-11-19-33(29)41(45)46)23-15-7-5-13-21-37-31-25-36(44)32(26-35(31)43)38-22-14-6-8-16-24-40(4-2)28-30-18-10-12-20-34(30)42(47)48/h9-12,17-20,25-26,37-38H,3-8,13-16,21-24,27-28H2,1-2H3. The van der Waals surface area contributed by atoms with Gasteiger partial charge in [-0.2, -0.15) is 0 Å². The molecule has 0 aromatic heterocycles. The molecule has 3 rings (SSSR count). The Morgan fingerprint density at radius 1 is 0.583 bits per heavy atom. The second-order valence-electron chi connectivity index (χ2n) is 12.0. The zero-order valence-corrected chi connectivity index (χ0v) is 28.3. The minimum absolute atomic E-state index is 0.158. The molecule has 1 aliphatic carbocycles. The summed E-state index contributed by atoms with van der Waals surface area (Å²) in [6.07, 6.45) is 10.4. The van der Waals surface area contributed by atoms with Crippen LogP contribution in [-0.2, 0) is 22.7 Å². The number of nitrogens with one attached hydrogen (secondary N) is 2. The number of allylic oxidation sites excluding steroid dienone is 2. The van der Waals surface area contributed by atoms with Crippen molar-refractivity contribution in [1.29, 1.82) is 0 Å². The highest BCUT2D eigenvalue weighted by Crippen LogP contribution is 2.21. The second kappa shape index (κ2) is 20.7. The van der Waals surface area contributed by atoms with Crippen molar-refractivity contribution in [2.24, 2.45) is 0 Å². The molecule has 0 amide bonds. The Hall–Kier alpha value is -4.42.